The maximum Gasteiger partial charge on any atom is 0.0708 e. The number of halogens is 1. The molecule has 1 fully saturated rings. The van der Waals surface area contributed by atoms with E-state index >= 15 is 0 Å². The second kappa shape index (κ2) is 4.15. The number of hydrogen-bond donors (Lipinski definition) is 0. The molecular weight excluding hydrogens is 230 g/mol. The van der Waals surface area contributed by atoms with E-state index in [4.69, 9.17) is 11.6 Å². The fourth-order valence-corrected chi connectivity index (χ4v) is 2.24. The fraction of sp³-hybridized carbons (Fsp3) is 0.267. The van der Waals surface area contributed by atoms with Crippen LogP contribution in [0.3, 0.4) is 0 Å². The number of aromatic nitrogens is 1. The minimum Gasteiger partial charge on any atom is -0.253 e. The van der Waals surface area contributed by atoms with Gasteiger partial charge in [-0.2, -0.15) is 0 Å². The molecule has 2 aromatic rings. The SMILES string of the molecule is Cc1cc(C2CC2)cc(-c2ccc(Cl)cc2)n1. The molecule has 0 spiro atoms. The van der Waals surface area contributed by atoms with Gasteiger partial charge in [-0.15, -0.1) is 0 Å². The summed E-state index contributed by atoms with van der Waals surface area (Å²) < 4.78 is 0. The van der Waals surface area contributed by atoms with E-state index in [1.54, 1.807) is 0 Å². The lowest BCUT2D eigenvalue weighted by molar-refractivity contribution is 1.08. The van der Waals surface area contributed by atoms with Crippen LogP contribution >= 0.6 is 11.6 Å². The molecule has 1 heterocycles. The minimum atomic E-state index is 0.766. The highest BCUT2D eigenvalue weighted by atomic mass is 35.5. The first-order chi connectivity index (χ1) is 8.22. The molecule has 86 valence electrons. The van der Waals surface area contributed by atoms with Crippen LogP contribution in [-0.4, -0.2) is 4.98 Å². The highest BCUT2D eigenvalue weighted by Crippen LogP contribution is 2.41. The van der Waals surface area contributed by atoms with Gasteiger partial charge in [-0.3, -0.25) is 4.98 Å². The monoisotopic (exact) mass is 243 g/mol. The normalized spacial score (nSPS) is 14.9. The van der Waals surface area contributed by atoms with Gasteiger partial charge in [0.25, 0.3) is 0 Å². The summed E-state index contributed by atoms with van der Waals surface area (Å²) in [5.41, 5.74) is 4.73. The van der Waals surface area contributed by atoms with Gasteiger partial charge in [0.15, 0.2) is 0 Å². The van der Waals surface area contributed by atoms with Crippen molar-refractivity contribution in [3.63, 3.8) is 0 Å². The predicted octanol–water partition coefficient (Wildman–Crippen LogP) is 4.59. The summed E-state index contributed by atoms with van der Waals surface area (Å²) in [7, 11) is 0. The molecular formula is C15H14ClN. The van der Waals surface area contributed by atoms with Crippen LogP contribution in [-0.2, 0) is 0 Å². The molecule has 1 saturated carbocycles. The van der Waals surface area contributed by atoms with E-state index in [-0.39, 0.29) is 0 Å². The van der Waals surface area contributed by atoms with Crippen LogP contribution in [0.15, 0.2) is 36.4 Å². The molecule has 1 aromatic heterocycles. The Balaban J connectivity index is 2.04. The Bertz CT molecular complexity index is 541. The third-order valence-corrected chi connectivity index (χ3v) is 3.42. The van der Waals surface area contributed by atoms with E-state index < -0.39 is 0 Å². The molecule has 3 rings (SSSR count). The Morgan fingerprint density at radius 2 is 1.82 bits per heavy atom. The van der Waals surface area contributed by atoms with Gasteiger partial charge in [-0.1, -0.05) is 23.7 Å². The first-order valence-corrected chi connectivity index (χ1v) is 6.35. The van der Waals surface area contributed by atoms with Gasteiger partial charge < -0.3 is 0 Å². The zero-order valence-electron chi connectivity index (χ0n) is 9.78. The van der Waals surface area contributed by atoms with Gasteiger partial charge in [-0.05, 0) is 55.5 Å². The van der Waals surface area contributed by atoms with Gasteiger partial charge in [0, 0.05) is 16.3 Å². The van der Waals surface area contributed by atoms with Crippen molar-refractivity contribution in [3.05, 3.63) is 52.7 Å². The number of pyridine rings is 1. The lowest BCUT2D eigenvalue weighted by atomic mass is 10.1. The highest BCUT2D eigenvalue weighted by Gasteiger charge is 2.24. The van der Waals surface area contributed by atoms with Crippen LogP contribution in [0, 0.1) is 6.92 Å². The molecule has 0 aliphatic heterocycles. The number of nitrogens with zero attached hydrogens (tertiary/aromatic N) is 1. The zero-order chi connectivity index (χ0) is 11.8. The Labute approximate surface area is 106 Å². The molecule has 0 atom stereocenters. The number of benzene rings is 1. The van der Waals surface area contributed by atoms with Crippen molar-refractivity contribution in [2.24, 2.45) is 0 Å². The Morgan fingerprint density at radius 3 is 2.47 bits per heavy atom. The zero-order valence-corrected chi connectivity index (χ0v) is 10.5. The molecule has 1 nitrogen and oxygen atoms in total. The van der Waals surface area contributed by atoms with Gasteiger partial charge >= 0.3 is 0 Å². The van der Waals surface area contributed by atoms with Gasteiger partial charge in [0.1, 0.15) is 0 Å². The van der Waals surface area contributed by atoms with E-state index in [0.717, 1.165) is 27.9 Å². The van der Waals surface area contributed by atoms with E-state index in [1.807, 2.05) is 24.3 Å². The van der Waals surface area contributed by atoms with E-state index in [1.165, 1.54) is 18.4 Å². The third kappa shape index (κ3) is 2.34. The van der Waals surface area contributed by atoms with Crippen molar-refractivity contribution in [1.82, 2.24) is 4.98 Å². The summed E-state index contributed by atoms with van der Waals surface area (Å²) in [6.07, 6.45) is 2.65. The molecule has 1 aliphatic rings. The maximum atomic E-state index is 5.90. The Hall–Kier alpha value is -1.34. The van der Waals surface area contributed by atoms with Crippen molar-refractivity contribution < 1.29 is 0 Å². The minimum absolute atomic E-state index is 0.766. The standard InChI is InChI=1S/C15H14ClN/c1-10-8-13(11-2-3-11)9-15(17-10)12-4-6-14(16)7-5-12/h4-9,11H,2-3H2,1H3. The number of hydrogen-bond acceptors (Lipinski definition) is 1. The summed E-state index contributed by atoms with van der Waals surface area (Å²) in [6.45, 7) is 2.06. The van der Waals surface area contributed by atoms with E-state index in [0.29, 0.717) is 0 Å². The lowest BCUT2D eigenvalue weighted by Gasteiger charge is -2.06. The predicted molar refractivity (Wildman–Crippen MR) is 71.4 cm³/mol. The average Bonchev–Trinajstić information content (AvgIpc) is 3.13. The molecule has 0 radical (unpaired) electrons. The molecule has 17 heavy (non-hydrogen) atoms. The van der Waals surface area contributed by atoms with Crippen molar-refractivity contribution in [2.75, 3.05) is 0 Å². The first kappa shape index (κ1) is 10.8. The third-order valence-electron chi connectivity index (χ3n) is 3.16. The van der Waals surface area contributed by atoms with Gasteiger partial charge in [0.2, 0.25) is 0 Å². The summed E-state index contributed by atoms with van der Waals surface area (Å²) in [5, 5.41) is 0.767. The average molecular weight is 244 g/mol. The molecule has 1 aliphatic carbocycles. The summed E-state index contributed by atoms with van der Waals surface area (Å²) in [4.78, 5) is 4.60. The smallest absolute Gasteiger partial charge is 0.0708 e. The van der Waals surface area contributed by atoms with Gasteiger partial charge in [0.05, 0.1) is 5.69 Å². The van der Waals surface area contributed by atoms with Crippen LogP contribution in [0.1, 0.15) is 30.0 Å². The first-order valence-electron chi connectivity index (χ1n) is 5.97. The number of rotatable bonds is 2. The summed E-state index contributed by atoms with van der Waals surface area (Å²) in [6, 6.07) is 12.3. The molecule has 0 saturated heterocycles. The lowest BCUT2D eigenvalue weighted by Crippen LogP contribution is -1.91. The van der Waals surface area contributed by atoms with Crippen molar-refractivity contribution >= 4 is 11.6 Å². The largest absolute Gasteiger partial charge is 0.253 e. The maximum absolute atomic E-state index is 5.90. The van der Waals surface area contributed by atoms with Crippen LogP contribution in [0.2, 0.25) is 5.02 Å². The van der Waals surface area contributed by atoms with Crippen molar-refractivity contribution in [2.45, 2.75) is 25.7 Å². The van der Waals surface area contributed by atoms with E-state index in [9.17, 15) is 0 Å². The van der Waals surface area contributed by atoms with Crippen molar-refractivity contribution in [1.29, 1.82) is 0 Å². The van der Waals surface area contributed by atoms with Crippen LogP contribution in [0.25, 0.3) is 11.3 Å². The van der Waals surface area contributed by atoms with E-state index in [2.05, 4.69) is 24.0 Å². The van der Waals surface area contributed by atoms with Crippen LogP contribution in [0.4, 0.5) is 0 Å². The molecule has 2 heteroatoms. The summed E-state index contributed by atoms with van der Waals surface area (Å²) >= 11 is 5.90. The molecule has 1 aromatic carbocycles. The fourth-order valence-electron chi connectivity index (χ4n) is 2.12. The second-order valence-corrected chi connectivity index (χ2v) is 5.14. The summed E-state index contributed by atoms with van der Waals surface area (Å²) in [5.74, 6) is 0.766. The molecule has 0 bridgehead atoms. The number of aryl methyl sites for hydroxylation is 1. The van der Waals surface area contributed by atoms with Crippen LogP contribution in [0.5, 0.6) is 0 Å². The molecule has 0 amide bonds. The highest BCUT2D eigenvalue weighted by molar-refractivity contribution is 6.30. The van der Waals surface area contributed by atoms with Crippen molar-refractivity contribution in [3.8, 4) is 11.3 Å². The van der Waals surface area contributed by atoms with Gasteiger partial charge in [-0.25, -0.2) is 0 Å². The molecule has 0 unspecified atom stereocenters. The van der Waals surface area contributed by atoms with Crippen LogP contribution < -0.4 is 0 Å². The second-order valence-electron chi connectivity index (χ2n) is 4.71. The Morgan fingerprint density at radius 1 is 1.12 bits per heavy atom. The Kier molecular flexibility index (Phi) is 2.64. The quantitative estimate of drug-likeness (QED) is 0.752. The topological polar surface area (TPSA) is 12.9 Å². The molecule has 0 N–H and O–H groups in total.